The van der Waals surface area contributed by atoms with Crippen LogP contribution in [0.5, 0.6) is 0 Å². The van der Waals surface area contributed by atoms with Gasteiger partial charge in [-0.15, -0.1) is 10.2 Å². The summed E-state index contributed by atoms with van der Waals surface area (Å²) in [5.74, 6) is 2.86. The molecule has 26 heavy (non-hydrogen) atoms. The molecule has 2 heterocycles. The molecule has 0 amide bonds. The maximum absolute atomic E-state index is 6.04. The molecule has 0 saturated carbocycles. The van der Waals surface area contributed by atoms with E-state index in [9.17, 15) is 0 Å². The molecule has 140 valence electrons. The van der Waals surface area contributed by atoms with Crippen molar-refractivity contribution in [3.63, 3.8) is 0 Å². The molecule has 1 aliphatic heterocycles. The number of halogens is 1. The number of benzene rings is 1. The third kappa shape index (κ3) is 5.21. The quantitative estimate of drug-likeness (QED) is 0.602. The molecular formula is C19H27ClN6. The predicted octanol–water partition coefficient (Wildman–Crippen LogP) is 2.96. The molecule has 2 N–H and O–H groups in total. The smallest absolute Gasteiger partial charge is 0.191 e. The lowest BCUT2D eigenvalue weighted by Gasteiger charge is -2.12. The number of guanidine groups is 1. The van der Waals surface area contributed by atoms with E-state index in [-0.39, 0.29) is 0 Å². The fourth-order valence-electron chi connectivity index (χ4n) is 3.17. The number of hydrogen-bond donors (Lipinski definition) is 2. The van der Waals surface area contributed by atoms with Crippen LogP contribution in [0.2, 0.25) is 5.02 Å². The normalized spacial score (nSPS) is 14.6. The van der Waals surface area contributed by atoms with Crippen molar-refractivity contribution in [1.29, 1.82) is 0 Å². The van der Waals surface area contributed by atoms with Crippen LogP contribution in [0, 0.1) is 0 Å². The standard InChI is InChI=1S/C19H27ClN6/c1-2-21-19(22-11-10-15-7-6-8-16(20)13-15)23-14-18-25-24-17-9-4-3-5-12-26(17)18/h6-8,13H,2-5,9-12,14H2,1H3,(H2,21,22,23). The number of hydrogen-bond acceptors (Lipinski definition) is 3. The molecule has 0 aliphatic carbocycles. The molecule has 1 aromatic heterocycles. The summed E-state index contributed by atoms with van der Waals surface area (Å²) in [4.78, 5) is 4.69. The van der Waals surface area contributed by atoms with Crippen molar-refractivity contribution in [2.24, 2.45) is 4.99 Å². The fraction of sp³-hybridized carbons (Fsp3) is 0.526. The Kier molecular flexibility index (Phi) is 6.89. The van der Waals surface area contributed by atoms with E-state index in [2.05, 4.69) is 43.4 Å². The Hall–Kier alpha value is -2.08. The Morgan fingerprint density at radius 3 is 3.00 bits per heavy atom. The third-order valence-electron chi connectivity index (χ3n) is 4.50. The molecule has 1 aliphatic rings. The maximum Gasteiger partial charge on any atom is 0.191 e. The Balaban J connectivity index is 1.58. The van der Waals surface area contributed by atoms with Gasteiger partial charge in [0, 0.05) is 31.1 Å². The highest BCUT2D eigenvalue weighted by molar-refractivity contribution is 6.30. The van der Waals surface area contributed by atoms with Crippen LogP contribution in [0.1, 0.15) is 43.4 Å². The zero-order valence-corrected chi connectivity index (χ0v) is 16.1. The summed E-state index contributed by atoms with van der Waals surface area (Å²) >= 11 is 6.04. The van der Waals surface area contributed by atoms with Crippen molar-refractivity contribution in [2.45, 2.75) is 52.1 Å². The summed E-state index contributed by atoms with van der Waals surface area (Å²) in [6.07, 6.45) is 5.58. The lowest BCUT2D eigenvalue weighted by Crippen LogP contribution is -2.38. The second-order valence-electron chi connectivity index (χ2n) is 6.50. The first-order chi connectivity index (χ1) is 12.8. The molecule has 0 spiro atoms. The van der Waals surface area contributed by atoms with E-state index in [1.165, 1.54) is 24.8 Å². The molecule has 7 heteroatoms. The number of aromatic nitrogens is 3. The molecule has 2 aromatic rings. The Morgan fingerprint density at radius 1 is 1.23 bits per heavy atom. The molecule has 1 aromatic carbocycles. The molecule has 0 radical (unpaired) electrons. The van der Waals surface area contributed by atoms with Crippen molar-refractivity contribution >= 4 is 17.6 Å². The van der Waals surface area contributed by atoms with Crippen molar-refractivity contribution in [2.75, 3.05) is 13.1 Å². The second kappa shape index (κ2) is 9.57. The molecule has 0 unspecified atom stereocenters. The largest absolute Gasteiger partial charge is 0.357 e. The zero-order chi connectivity index (χ0) is 18.2. The van der Waals surface area contributed by atoms with Gasteiger partial charge in [-0.2, -0.15) is 0 Å². The summed E-state index contributed by atoms with van der Waals surface area (Å²) in [7, 11) is 0. The van der Waals surface area contributed by atoms with Gasteiger partial charge in [0.1, 0.15) is 12.4 Å². The number of fused-ring (bicyclic) bond motifs is 1. The van der Waals surface area contributed by atoms with Gasteiger partial charge in [0.2, 0.25) is 0 Å². The van der Waals surface area contributed by atoms with Crippen LogP contribution in [-0.2, 0) is 25.9 Å². The molecule has 3 rings (SSSR count). The number of nitrogens with one attached hydrogen (secondary N) is 2. The van der Waals surface area contributed by atoms with Gasteiger partial charge in [0.05, 0.1) is 0 Å². The molecule has 6 nitrogen and oxygen atoms in total. The summed E-state index contributed by atoms with van der Waals surface area (Å²) in [6.45, 7) is 5.23. The highest BCUT2D eigenvalue weighted by atomic mass is 35.5. The highest BCUT2D eigenvalue weighted by Crippen LogP contribution is 2.15. The van der Waals surface area contributed by atoms with E-state index in [1.54, 1.807) is 0 Å². The Morgan fingerprint density at radius 2 is 2.15 bits per heavy atom. The summed E-state index contributed by atoms with van der Waals surface area (Å²) < 4.78 is 2.24. The average Bonchev–Trinajstić information content (AvgIpc) is 2.86. The first-order valence-corrected chi connectivity index (χ1v) is 9.81. The number of aliphatic imine (C=N–C) groups is 1. The lowest BCUT2D eigenvalue weighted by atomic mass is 10.1. The van der Waals surface area contributed by atoms with E-state index in [1.807, 2.05) is 18.2 Å². The van der Waals surface area contributed by atoms with Crippen LogP contribution in [-0.4, -0.2) is 33.8 Å². The van der Waals surface area contributed by atoms with Crippen LogP contribution in [0.15, 0.2) is 29.3 Å². The highest BCUT2D eigenvalue weighted by Gasteiger charge is 2.14. The van der Waals surface area contributed by atoms with E-state index in [0.717, 1.165) is 55.1 Å². The van der Waals surface area contributed by atoms with Crippen molar-refractivity contribution < 1.29 is 0 Å². The van der Waals surface area contributed by atoms with Gasteiger partial charge in [-0.05, 0) is 43.9 Å². The second-order valence-corrected chi connectivity index (χ2v) is 6.93. The fourth-order valence-corrected chi connectivity index (χ4v) is 3.38. The molecule has 0 fully saturated rings. The minimum atomic E-state index is 0.541. The van der Waals surface area contributed by atoms with Gasteiger partial charge in [-0.3, -0.25) is 0 Å². The maximum atomic E-state index is 6.04. The summed E-state index contributed by atoms with van der Waals surface area (Å²) in [5.41, 5.74) is 1.21. The van der Waals surface area contributed by atoms with Crippen molar-refractivity contribution in [3.05, 3.63) is 46.5 Å². The predicted molar refractivity (Wildman–Crippen MR) is 106 cm³/mol. The average molecular weight is 375 g/mol. The lowest BCUT2D eigenvalue weighted by molar-refractivity contribution is 0.605. The SMILES string of the molecule is CCNC(=NCc1nnc2n1CCCCC2)NCCc1cccc(Cl)c1. The van der Waals surface area contributed by atoms with Gasteiger partial charge in [0.25, 0.3) is 0 Å². The topological polar surface area (TPSA) is 67.1 Å². The van der Waals surface area contributed by atoms with Crippen LogP contribution in [0.4, 0.5) is 0 Å². The van der Waals surface area contributed by atoms with Crippen molar-refractivity contribution in [1.82, 2.24) is 25.4 Å². The summed E-state index contributed by atoms with van der Waals surface area (Å²) in [5, 5.41) is 16.1. The Labute approximate surface area is 160 Å². The monoisotopic (exact) mass is 374 g/mol. The van der Waals surface area contributed by atoms with Gasteiger partial charge >= 0.3 is 0 Å². The van der Waals surface area contributed by atoms with E-state index >= 15 is 0 Å². The minimum absolute atomic E-state index is 0.541. The first-order valence-electron chi connectivity index (χ1n) is 9.44. The number of aryl methyl sites for hydroxylation is 1. The molecule has 0 bridgehead atoms. The number of rotatable bonds is 6. The first kappa shape index (κ1) is 18.7. The van der Waals surface area contributed by atoms with Crippen LogP contribution < -0.4 is 10.6 Å². The van der Waals surface area contributed by atoms with Crippen LogP contribution in [0.25, 0.3) is 0 Å². The Bertz CT molecular complexity index is 739. The van der Waals surface area contributed by atoms with Gasteiger partial charge in [-0.25, -0.2) is 4.99 Å². The summed E-state index contributed by atoms with van der Waals surface area (Å²) in [6, 6.07) is 7.96. The molecule has 0 saturated heterocycles. The van der Waals surface area contributed by atoms with Crippen LogP contribution >= 0.6 is 11.6 Å². The minimum Gasteiger partial charge on any atom is -0.357 e. The number of nitrogens with zero attached hydrogens (tertiary/aromatic N) is 4. The van der Waals surface area contributed by atoms with E-state index < -0.39 is 0 Å². The van der Waals surface area contributed by atoms with Gasteiger partial charge < -0.3 is 15.2 Å². The van der Waals surface area contributed by atoms with Gasteiger partial charge in [0.15, 0.2) is 11.8 Å². The molecule has 0 atom stereocenters. The van der Waals surface area contributed by atoms with Crippen molar-refractivity contribution in [3.8, 4) is 0 Å². The zero-order valence-electron chi connectivity index (χ0n) is 15.3. The third-order valence-corrected chi connectivity index (χ3v) is 4.74. The van der Waals surface area contributed by atoms with E-state index in [4.69, 9.17) is 11.6 Å². The van der Waals surface area contributed by atoms with Gasteiger partial charge in [-0.1, -0.05) is 30.2 Å². The van der Waals surface area contributed by atoms with Crippen LogP contribution in [0.3, 0.4) is 0 Å². The molecular weight excluding hydrogens is 348 g/mol. The van der Waals surface area contributed by atoms with E-state index in [0.29, 0.717) is 6.54 Å².